The fourth-order valence-corrected chi connectivity index (χ4v) is 1.28. The number of benzene rings is 1. The summed E-state index contributed by atoms with van der Waals surface area (Å²) in [6.45, 7) is 0. The van der Waals surface area contributed by atoms with Crippen molar-refractivity contribution in [2.45, 2.75) is 0 Å². The van der Waals surface area contributed by atoms with Gasteiger partial charge in [-0.25, -0.2) is 4.98 Å². The molecule has 0 fully saturated rings. The van der Waals surface area contributed by atoms with Crippen LogP contribution in [-0.2, 0) is 0 Å². The Labute approximate surface area is 89.7 Å². The molecule has 0 unspecified atom stereocenters. The fourth-order valence-electron chi connectivity index (χ4n) is 1.28. The lowest BCUT2D eigenvalue weighted by Gasteiger charge is -1.99. The molecule has 1 N–H and O–H groups in total. The second-order valence-corrected chi connectivity index (χ2v) is 3.10. The quantitative estimate of drug-likeness (QED) is 0.607. The van der Waals surface area contributed by atoms with Gasteiger partial charge in [-0.15, -0.1) is 0 Å². The van der Waals surface area contributed by atoms with Crippen LogP contribution in [-0.4, -0.2) is 14.9 Å². The highest BCUT2D eigenvalue weighted by atomic mass is 16.6. The number of hydrogen-bond acceptors (Lipinski definition) is 4. The van der Waals surface area contributed by atoms with Crippen LogP contribution in [0.2, 0.25) is 0 Å². The summed E-state index contributed by atoms with van der Waals surface area (Å²) in [7, 11) is 0. The predicted molar refractivity (Wildman–Crippen MR) is 56.9 cm³/mol. The molecular weight excluding hydrogens is 210 g/mol. The van der Waals surface area contributed by atoms with E-state index in [1.165, 1.54) is 18.3 Å². The monoisotopic (exact) mass is 217 g/mol. The number of non-ortho nitro benzene ring substituents is 1. The van der Waals surface area contributed by atoms with E-state index in [4.69, 9.17) is 0 Å². The number of hydrogen-bond donors (Lipinski definition) is 1. The predicted octanol–water partition coefficient (Wildman–Crippen LogP) is 1.35. The fraction of sp³-hybridized carbons (Fsp3) is 0. The lowest BCUT2D eigenvalue weighted by molar-refractivity contribution is -0.384. The summed E-state index contributed by atoms with van der Waals surface area (Å²) in [5.74, 6) is 0. The van der Waals surface area contributed by atoms with Crippen molar-refractivity contribution in [3.8, 4) is 11.3 Å². The van der Waals surface area contributed by atoms with Gasteiger partial charge in [0.15, 0.2) is 0 Å². The molecule has 0 saturated carbocycles. The van der Waals surface area contributed by atoms with Crippen LogP contribution in [0, 0.1) is 10.1 Å². The average molecular weight is 217 g/mol. The van der Waals surface area contributed by atoms with Gasteiger partial charge in [0.25, 0.3) is 11.2 Å². The van der Waals surface area contributed by atoms with Gasteiger partial charge in [0.2, 0.25) is 0 Å². The third kappa shape index (κ3) is 1.95. The van der Waals surface area contributed by atoms with E-state index >= 15 is 0 Å². The highest BCUT2D eigenvalue weighted by Gasteiger charge is 2.07. The molecular formula is C10H7N3O3. The van der Waals surface area contributed by atoms with E-state index in [1.54, 1.807) is 12.1 Å². The molecule has 0 radical (unpaired) electrons. The number of H-pyrrole nitrogens is 1. The van der Waals surface area contributed by atoms with Crippen molar-refractivity contribution in [3.63, 3.8) is 0 Å². The van der Waals surface area contributed by atoms with Gasteiger partial charge in [0.1, 0.15) is 0 Å². The zero-order valence-corrected chi connectivity index (χ0v) is 8.08. The summed E-state index contributed by atoms with van der Waals surface area (Å²) in [4.78, 5) is 27.2. The minimum absolute atomic E-state index is 0.00880. The highest BCUT2D eigenvalue weighted by molar-refractivity contribution is 5.61. The van der Waals surface area contributed by atoms with Crippen molar-refractivity contribution in [2.24, 2.45) is 0 Å². The molecule has 0 spiro atoms. The van der Waals surface area contributed by atoms with Gasteiger partial charge >= 0.3 is 0 Å². The van der Waals surface area contributed by atoms with Crippen molar-refractivity contribution >= 4 is 5.69 Å². The third-order valence-corrected chi connectivity index (χ3v) is 2.02. The van der Waals surface area contributed by atoms with Crippen molar-refractivity contribution in [3.05, 3.63) is 57.1 Å². The smallest absolute Gasteiger partial charge is 0.270 e. The average Bonchev–Trinajstić information content (AvgIpc) is 2.30. The third-order valence-electron chi connectivity index (χ3n) is 2.02. The SMILES string of the molecule is O=c1cnc(-c2cccc([N+](=O)[O-])c2)c[nH]1. The lowest BCUT2D eigenvalue weighted by Crippen LogP contribution is -2.04. The van der Waals surface area contributed by atoms with Gasteiger partial charge in [-0.2, -0.15) is 0 Å². The molecule has 16 heavy (non-hydrogen) atoms. The normalized spacial score (nSPS) is 10.0. The second kappa shape index (κ2) is 3.93. The van der Waals surface area contributed by atoms with Crippen molar-refractivity contribution in [1.29, 1.82) is 0 Å². The maximum atomic E-state index is 10.8. The Bertz CT molecular complexity index is 571. The second-order valence-electron chi connectivity index (χ2n) is 3.10. The van der Waals surface area contributed by atoms with E-state index in [-0.39, 0.29) is 11.2 Å². The number of nitrogens with one attached hydrogen (secondary N) is 1. The number of aromatic nitrogens is 2. The maximum Gasteiger partial charge on any atom is 0.270 e. The number of rotatable bonds is 2. The molecule has 0 atom stereocenters. The minimum atomic E-state index is -0.477. The Hall–Kier alpha value is -2.50. The summed E-state index contributed by atoms with van der Waals surface area (Å²) in [5.41, 5.74) is 0.758. The summed E-state index contributed by atoms with van der Waals surface area (Å²) in [6, 6.07) is 6.06. The van der Waals surface area contributed by atoms with Crippen LogP contribution in [0.15, 0.2) is 41.5 Å². The van der Waals surface area contributed by atoms with Crippen LogP contribution in [0.1, 0.15) is 0 Å². The number of nitrogens with zero attached hydrogens (tertiary/aromatic N) is 2. The van der Waals surface area contributed by atoms with E-state index < -0.39 is 4.92 Å². The molecule has 0 bridgehead atoms. The van der Waals surface area contributed by atoms with Crippen LogP contribution < -0.4 is 5.56 Å². The van der Waals surface area contributed by atoms with Crippen molar-refractivity contribution < 1.29 is 4.92 Å². The van der Waals surface area contributed by atoms with E-state index in [0.717, 1.165) is 6.20 Å². The number of aromatic amines is 1. The Morgan fingerprint density at radius 2 is 2.19 bits per heavy atom. The number of nitro benzene ring substituents is 1. The molecule has 6 nitrogen and oxygen atoms in total. The minimum Gasteiger partial charge on any atom is -0.326 e. The molecule has 80 valence electrons. The first-order chi connectivity index (χ1) is 7.66. The molecule has 2 rings (SSSR count). The summed E-state index contributed by atoms with van der Waals surface area (Å²) in [6.07, 6.45) is 2.55. The van der Waals surface area contributed by atoms with E-state index in [0.29, 0.717) is 11.3 Å². The molecule has 0 aliphatic rings. The molecule has 6 heteroatoms. The standard InChI is InChI=1S/C10H7N3O3/c14-10-6-11-9(5-12-10)7-2-1-3-8(4-7)13(15)16/h1-6H,(H,12,14). The first kappa shape index (κ1) is 10.0. The Morgan fingerprint density at radius 1 is 1.38 bits per heavy atom. The molecule has 1 aromatic carbocycles. The zero-order valence-electron chi connectivity index (χ0n) is 8.08. The molecule has 1 heterocycles. The Balaban J connectivity index is 2.48. The van der Waals surface area contributed by atoms with Crippen molar-refractivity contribution in [1.82, 2.24) is 9.97 Å². The molecule has 2 aromatic rings. The summed E-state index contributed by atoms with van der Waals surface area (Å²) < 4.78 is 0. The maximum absolute atomic E-state index is 10.8. The molecule has 0 amide bonds. The van der Waals surface area contributed by atoms with Crippen LogP contribution >= 0.6 is 0 Å². The lowest BCUT2D eigenvalue weighted by atomic mass is 10.1. The Kier molecular flexibility index (Phi) is 2.47. The summed E-state index contributed by atoms with van der Waals surface area (Å²) in [5, 5.41) is 10.6. The molecule has 0 aliphatic carbocycles. The van der Waals surface area contributed by atoms with Crippen molar-refractivity contribution in [2.75, 3.05) is 0 Å². The largest absolute Gasteiger partial charge is 0.326 e. The van der Waals surface area contributed by atoms with Crippen LogP contribution in [0.5, 0.6) is 0 Å². The van der Waals surface area contributed by atoms with Crippen LogP contribution in [0.4, 0.5) is 5.69 Å². The van der Waals surface area contributed by atoms with E-state index in [1.807, 2.05) is 0 Å². The van der Waals surface area contributed by atoms with E-state index in [9.17, 15) is 14.9 Å². The Morgan fingerprint density at radius 3 is 2.81 bits per heavy atom. The highest BCUT2D eigenvalue weighted by Crippen LogP contribution is 2.20. The summed E-state index contributed by atoms with van der Waals surface area (Å²) >= 11 is 0. The van der Waals surface area contributed by atoms with E-state index in [2.05, 4.69) is 9.97 Å². The zero-order chi connectivity index (χ0) is 11.5. The number of nitro groups is 1. The van der Waals surface area contributed by atoms with Gasteiger partial charge in [-0.3, -0.25) is 14.9 Å². The van der Waals surface area contributed by atoms with Gasteiger partial charge in [0, 0.05) is 23.9 Å². The first-order valence-electron chi connectivity index (χ1n) is 4.46. The van der Waals surface area contributed by atoms with Gasteiger partial charge in [-0.05, 0) is 0 Å². The molecule has 1 aromatic heterocycles. The van der Waals surface area contributed by atoms with Crippen LogP contribution in [0.3, 0.4) is 0 Å². The first-order valence-corrected chi connectivity index (χ1v) is 4.46. The van der Waals surface area contributed by atoms with Gasteiger partial charge < -0.3 is 4.98 Å². The van der Waals surface area contributed by atoms with Gasteiger partial charge in [-0.1, -0.05) is 12.1 Å². The topological polar surface area (TPSA) is 88.9 Å². The molecule has 0 aliphatic heterocycles. The van der Waals surface area contributed by atoms with Crippen LogP contribution in [0.25, 0.3) is 11.3 Å². The molecule has 0 saturated heterocycles. The van der Waals surface area contributed by atoms with Gasteiger partial charge in [0.05, 0.1) is 16.8 Å².